The molecule has 72 valence electrons. The lowest BCUT2D eigenvalue weighted by Gasteiger charge is -2.02. The number of hydrogen-bond donors (Lipinski definition) is 2. The van der Waals surface area contributed by atoms with Gasteiger partial charge in [-0.2, -0.15) is 0 Å². The van der Waals surface area contributed by atoms with E-state index in [1.165, 1.54) is 11.3 Å². The van der Waals surface area contributed by atoms with Gasteiger partial charge >= 0.3 is 5.97 Å². The van der Waals surface area contributed by atoms with Gasteiger partial charge in [-0.25, -0.2) is 0 Å². The van der Waals surface area contributed by atoms with Crippen molar-refractivity contribution in [3.05, 3.63) is 19.2 Å². The molecule has 0 spiro atoms. The molecule has 0 saturated heterocycles. The van der Waals surface area contributed by atoms with Crippen molar-refractivity contribution in [3.8, 4) is 0 Å². The molecule has 1 rings (SSSR count). The Morgan fingerprint density at radius 3 is 2.69 bits per heavy atom. The highest BCUT2D eigenvalue weighted by Gasteiger charge is 2.14. The number of thiophene rings is 1. The van der Waals surface area contributed by atoms with Crippen molar-refractivity contribution in [2.24, 2.45) is 5.73 Å². The molecule has 1 aromatic heterocycles. The number of nitrogens with two attached hydrogens (primary N) is 1. The van der Waals surface area contributed by atoms with E-state index in [-0.39, 0.29) is 0 Å². The molecule has 1 heterocycles. The minimum atomic E-state index is -0.972. The summed E-state index contributed by atoms with van der Waals surface area (Å²) in [7, 11) is 0. The highest BCUT2D eigenvalue weighted by molar-refractivity contribution is 9.13. The van der Waals surface area contributed by atoms with Crippen LogP contribution in [0.3, 0.4) is 0 Å². The second-order valence-corrected chi connectivity index (χ2v) is 5.79. The van der Waals surface area contributed by atoms with E-state index in [2.05, 4.69) is 31.9 Å². The van der Waals surface area contributed by atoms with Gasteiger partial charge in [0.25, 0.3) is 0 Å². The highest BCUT2D eigenvalue weighted by atomic mass is 79.9. The summed E-state index contributed by atoms with van der Waals surface area (Å²) in [6.07, 6.45) is 0.365. The van der Waals surface area contributed by atoms with Gasteiger partial charge in [0, 0.05) is 15.8 Å². The predicted octanol–water partition coefficient (Wildman–Crippen LogP) is 2.23. The third-order valence-electron chi connectivity index (χ3n) is 1.43. The molecule has 0 aromatic carbocycles. The molecular formula is C7H7Br2NO2S. The van der Waals surface area contributed by atoms with Crippen LogP contribution in [0.4, 0.5) is 0 Å². The van der Waals surface area contributed by atoms with Crippen LogP contribution < -0.4 is 5.73 Å². The first kappa shape index (κ1) is 11.2. The monoisotopic (exact) mass is 327 g/mol. The van der Waals surface area contributed by atoms with Crippen LogP contribution >= 0.6 is 43.2 Å². The average Bonchev–Trinajstić information content (AvgIpc) is 2.31. The van der Waals surface area contributed by atoms with Crippen molar-refractivity contribution in [1.29, 1.82) is 0 Å². The molecule has 0 aliphatic rings. The number of carboxylic acid groups (broad SMARTS) is 1. The summed E-state index contributed by atoms with van der Waals surface area (Å²) in [6, 6.07) is 1.05. The summed E-state index contributed by atoms with van der Waals surface area (Å²) in [6.45, 7) is 0. The zero-order chi connectivity index (χ0) is 10.0. The Bertz CT molecular complexity index is 307. The molecule has 1 atom stereocenters. The molecule has 0 aliphatic carbocycles. The Morgan fingerprint density at radius 1 is 1.69 bits per heavy atom. The summed E-state index contributed by atoms with van der Waals surface area (Å²) in [5.41, 5.74) is 5.38. The lowest BCUT2D eigenvalue weighted by molar-refractivity contribution is -0.138. The molecule has 3 N–H and O–H groups in total. The Morgan fingerprint density at radius 2 is 2.31 bits per heavy atom. The van der Waals surface area contributed by atoms with Gasteiger partial charge in [0.05, 0.1) is 3.79 Å². The minimum absolute atomic E-state index is 0.365. The van der Waals surface area contributed by atoms with E-state index in [1.54, 1.807) is 0 Å². The van der Waals surface area contributed by atoms with E-state index >= 15 is 0 Å². The first-order chi connectivity index (χ1) is 6.00. The van der Waals surface area contributed by atoms with E-state index in [0.717, 1.165) is 13.1 Å². The van der Waals surface area contributed by atoms with E-state index < -0.39 is 12.0 Å². The molecule has 0 aliphatic heterocycles. The standard InChI is InChI=1S/C7H7Br2NO2S/c8-4-1-3(13-6(4)9)2-5(10)7(11)12/h1,5H,2,10H2,(H,11,12). The van der Waals surface area contributed by atoms with Gasteiger partial charge in [-0.3, -0.25) is 4.79 Å². The lowest BCUT2D eigenvalue weighted by atomic mass is 10.2. The second-order valence-electron chi connectivity index (χ2n) is 2.48. The second kappa shape index (κ2) is 4.54. The molecule has 3 nitrogen and oxygen atoms in total. The van der Waals surface area contributed by atoms with Gasteiger partial charge in [0.2, 0.25) is 0 Å². The van der Waals surface area contributed by atoms with Crippen LogP contribution in [0.2, 0.25) is 0 Å². The van der Waals surface area contributed by atoms with Crippen LogP contribution in [0.15, 0.2) is 14.3 Å². The smallest absolute Gasteiger partial charge is 0.320 e. The number of carbonyl (C=O) groups is 1. The third kappa shape index (κ3) is 3.05. The number of aliphatic carboxylic acids is 1. The molecule has 1 aromatic rings. The lowest BCUT2D eigenvalue weighted by Crippen LogP contribution is -2.31. The van der Waals surface area contributed by atoms with Gasteiger partial charge in [0.15, 0.2) is 0 Å². The first-order valence-corrected chi connectivity index (χ1v) is 5.83. The van der Waals surface area contributed by atoms with Crippen LogP contribution in [-0.4, -0.2) is 17.1 Å². The van der Waals surface area contributed by atoms with Crippen LogP contribution in [0.1, 0.15) is 4.88 Å². The number of hydrogen-bond acceptors (Lipinski definition) is 3. The van der Waals surface area contributed by atoms with E-state index in [9.17, 15) is 4.79 Å². The van der Waals surface area contributed by atoms with E-state index in [1.807, 2.05) is 6.07 Å². The minimum Gasteiger partial charge on any atom is -0.480 e. The fourth-order valence-corrected chi connectivity index (χ4v) is 3.03. The molecule has 0 bridgehead atoms. The van der Waals surface area contributed by atoms with Gasteiger partial charge in [-0.15, -0.1) is 11.3 Å². The van der Waals surface area contributed by atoms with Gasteiger partial charge in [-0.1, -0.05) is 0 Å². The van der Waals surface area contributed by atoms with Crippen LogP contribution in [-0.2, 0) is 11.2 Å². The fourth-order valence-electron chi connectivity index (χ4n) is 0.796. The normalized spacial score (nSPS) is 12.8. The largest absolute Gasteiger partial charge is 0.480 e. The van der Waals surface area contributed by atoms with Crippen molar-refractivity contribution in [1.82, 2.24) is 0 Å². The van der Waals surface area contributed by atoms with Gasteiger partial charge in [-0.05, 0) is 37.9 Å². The SMILES string of the molecule is NC(Cc1cc(Br)c(Br)s1)C(=O)O. The Kier molecular flexibility index (Phi) is 3.90. The topological polar surface area (TPSA) is 63.3 Å². The summed E-state index contributed by atoms with van der Waals surface area (Å²) in [5.74, 6) is -0.972. The quantitative estimate of drug-likeness (QED) is 0.894. The Labute approximate surface area is 96.2 Å². The predicted molar refractivity (Wildman–Crippen MR) is 59.0 cm³/mol. The molecule has 1 unspecified atom stereocenters. The maximum Gasteiger partial charge on any atom is 0.320 e. The zero-order valence-corrected chi connectivity index (χ0v) is 10.4. The maximum atomic E-state index is 10.5. The Balaban J connectivity index is 2.69. The first-order valence-electron chi connectivity index (χ1n) is 3.43. The van der Waals surface area contributed by atoms with E-state index in [4.69, 9.17) is 10.8 Å². The highest BCUT2D eigenvalue weighted by Crippen LogP contribution is 2.32. The molecule has 0 saturated carbocycles. The summed E-state index contributed by atoms with van der Waals surface area (Å²) in [5, 5.41) is 8.58. The number of carboxylic acids is 1. The Hall–Kier alpha value is 0.0900. The molecule has 13 heavy (non-hydrogen) atoms. The van der Waals surface area contributed by atoms with Gasteiger partial charge in [0.1, 0.15) is 6.04 Å². The van der Waals surface area contributed by atoms with Crippen LogP contribution in [0, 0.1) is 0 Å². The van der Waals surface area contributed by atoms with Crippen molar-refractivity contribution >= 4 is 49.2 Å². The van der Waals surface area contributed by atoms with Crippen molar-refractivity contribution in [3.63, 3.8) is 0 Å². The van der Waals surface area contributed by atoms with Gasteiger partial charge < -0.3 is 10.8 Å². The summed E-state index contributed by atoms with van der Waals surface area (Å²) >= 11 is 8.13. The number of halogens is 2. The molecule has 0 amide bonds. The average molecular weight is 329 g/mol. The van der Waals surface area contributed by atoms with Crippen molar-refractivity contribution in [2.45, 2.75) is 12.5 Å². The number of rotatable bonds is 3. The molecule has 0 radical (unpaired) electrons. The molecule has 6 heteroatoms. The van der Waals surface area contributed by atoms with Crippen LogP contribution in [0.5, 0.6) is 0 Å². The maximum absolute atomic E-state index is 10.5. The summed E-state index contributed by atoms with van der Waals surface area (Å²) < 4.78 is 1.89. The summed E-state index contributed by atoms with van der Waals surface area (Å²) in [4.78, 5) is 11.4. The van der Waals surface area contributed by atoms with E-state index in [0.29, 0.717) is 6.42 Å². The van der Waals surface area contributed by atoms with Crippen molar-refractivity contribution in [2.75, 3.05) is 0 Å². The van der Waals surface area contributed by atoms with Crippen molar-refractivity contribution < 1.29 is 9.90 Å². The third-order valence-corrected chi connectivity index (χ3v) is 4.71. The molecular weight excluding hydrogens is 322 g/mol. The fraction of sp³-hybridized carbons (Fsp3) is 0.286. The molecule has 0 fully saturated rings. The van der Waals surface area contributed by atoms with Crippen LogP contribution in [0.25, 0.3) is 0 Å². The zero-order valence-electron chi connectivity index (χ0n) is 6.46.